The average Bonchev–Trinajstić information content (AvgIpc) is 2.62. The van der Waals surface area contributed by atoms with Gasteiger partial charge in [-0.05, 0) is 66.3 Å². The van der Waals surface area contributed by atoms with Gasteiger partial charge in [-0.2, -0.15) is 0 Å². The Morgan fingerprint density at radius 2 is 1.59 bits per heavy atom. The third-order valence-electron chi connectivity index (χ3n) is 5.39. The van der Waals surface area contributed by atoms with E-state index in [2.05, 4.69) is 20.8 Å². The molecule has 0 aliphatic heterocycles. The van der Waals surface area contributed by atoms with Crippen LogP contribution in [0.1, 0.15) is 73.9 Å². The molecule has 0 amide bonds. The van der Waals surface area contributed by atoms with Gasteiger partial charge in [0.25, 0.3) is 0 Å². The van der Waals surface area contributed by atoms with Gasteiger partial charge in [-0.3, -0.25) is 0 Å². The summed E-state index contributed by atoms with van der Waals surface area (Å²) in [5, 5.41) is 19.5. The van der Waals surface area contributed by atoms with Gasteiger partial charge in [0.05, 0.1) is 5.56 Å². The lowest BCUT2D eigenvalue weighted by Crippen LogP contribution is -2.24. The largest absolute Gasteiger partial charge is 0.508 e. The molecule has 3 rings (SSSR count). The van der Waals surface area contributed by atoms with Gasteiger partial charge in [-0.15, -0.1) is 0 Å². The van der Waals surface area contributed by atoms with Crippen molar-refractivity contribution in [2.24, 2.45) is 0 Å². The number of carbonyl (C=O) groups excluding carboxylic acids is 1. The van der Waals surface area contributed by atoms with E-state index in [1.165, 1.54) is 11.6 Å². The van der Waals surface area contributed by atoms with Crippen LogP contribution in [0.15, 0.2) is 42.5 Å². The van der Waals surface area contributed by atoms with Gasteiger partial charge < -0.3 is 14.9 Å². The Morgan fingerprint density at radius 3 is 2.15 bits per heavy atom. The lowest BCUT2D eigenvalue weighted by atomic mass is 9.82. The van der Waals surface area contributed by atoms with Crippen LogP contribution in [-0.2, 0) is 10.2 Å². The van der Waals surface area contributed by atoms with Crippen molar-refractivity contribution in [3.05, 3.63) is 59.2 Å². The molecule has 1 saturated carbocycles. The van der Waals surface area contributed by atoms with Gasteiger partial charge in [0, 0.05) is 6.07 Å². The fourth-order valence-electron chi connectivity index (χ4n) is 3.69. The van der Waals surface area contributed by atoms with E-state index >= 15 is 0 Å². The molecule has 1 fully saturated rings. The molecule has 0 spiro atoms. The van der Waals surface area contributed by atoms with Gasteiger partial charge >= 0.3 is 5.97 Å². The highest BCUT2D eigenvalue weighted by Gasteiger charge is 2.27. The summed E-state index contributed by atoms with van der Waals surface area (Å²) >= 11 is 0. The second kappa shape index (κ2) is 7.63. The second-order valence-electron chi connectivity index (χ2n) is 8.45. The number of esters is 1. The molecular formula is C23H28O4. The maximum Gasteiger partial charge on any atom is 0.338 e. The molecule has 4 heteroatoms. The summed E-state index contributed by atoms with van der Waals surface area (Å²) in [6.07, 6.45) is 3.15. The van der Waals surface area contributed by atoms with Gasteiger partial charge in [-0.25, -0.2) is 4.79 Å². The van der Waals surface area contributed by atoms with E-state index in [4.69, 9.17) is 4.74 Å². The van der Waals surface area contributed by atoms with Crippen LogP contribution in [0.25, 0.3) is 0 Å². The Balaban J connectivity index is 1.56. The van der Waals surface area contributed by atoms with Crippen molar-refractivity contribution in [3.63, 3.8) is 0 Å². The fourth-order valence-corrected chi connectivity index (χ4v) is 3.69. The summed E-state index contributed by atoms with van der Waals surface area (Å²) in [5.41, 5.74) is 2.69. The normalized spacial score (nSPS) is 20.3. The van der Waals surface area contributed by atoms with E-state index in [1.807, 2.05) is 24.3 Å². The zero-order chi connectivity index (χ0) is 19.6. The first kappa shape index (κ1) is 19.3. The van der Waals surface area contributed by atoms with Crippen molar-refractivity contribution in [2.45, 2.75) is 63.9 Å². The van der Waals surface area contributed by atoms with Crippen molar-refractivity contribution < 1.29 is 19.7 Å². The molecule has 0 atom stereocenters. The number of carbonyl (C=O) groups is 1. The summed E-state index contributed by atoms with van der Waals surface area (Å²) in [7, 11) is 0. The number of phenolic OH excluding ortho intramolecular Hbond substituents is 2. The quantitative estimate of drug-likeness (QED) is 0.724. The number of rotatable bonds is 3. The standard InChI is InChI=1S/C23H28O4/c1-23(2,3)17-8-4-16(5-9-17)22(26)27-19-11-6-15(7-12-19)20-13-10-18(24)14-21(20)25/h4-5,8-10,13-15,19,24-25H,6-7,11-12H2,1-3H3. The molecule has 144 valence electrons. The molecule has 2 N–H and O–H groups in total. The minimum atomic E-state index is -0.272. The minimum absolute atomic E-state index is 0.0562. The highest BCUT2D eigenvalue weighted by atomic mass is 16.5. The van der Waals surface area contributed by atoms with Crippen LogP contribution >= 0.6 is 0 Å². The topological polar surface area (TPSA) is 66.8 Å². The first-order chi connectivity index (χ1) is 12.7. The van der Waals surface area contributed by atoms with Crippen molar-refractivity contribution in [1.82, 2.24) is 0 Å². The summed E-state index contributed by atoms with van der Waals surface area (Å²) in [5.74, 6) is 0.156. The number of hydrogen-bond acceptors (Lipinski definition) is 4. The number of ether oxygens (including phenoxy) is 1. The van der Waals surface area contributed by atoms with E-state index in [-0.39, 0.29) is 34.9 Å². The average molecular weight is 368 g/mol. The second-order valence-corrected chi connectivity index (χ2v) is 8.45. The monoisotopic (exact) mass is 368 g/mol. The molecule has 0 bridgehead atoms. The van der Waals surface area contributed by atoms with Gasteiger partial charge in [-0.1, -0.05) is 39.0 Å². The van der Waals surface area contributed by atoms with E-state index in [1.54, 1.807) is 12.1 Å². The number of aromatic hydroxyl groups is 2. The number of phenols is 2. The lowest BCUT2D eigenvalue weighted by molar-refractivity contribution is 0.0194. The predicted molar refractivity (Wildman–Crippen MR) is 105 cm³/mol. The Labute approximate surface area is 160 Å². The predicted octanol–water partition coefficient (Wildman–Crippen LogP) is 5.28. The summed E-state index contributed by atoms with van der Waals surface area (Å²) in [6, 6.07) is 12.4. The minimum Gasteiger partial charge on any atom is -0.508 e. The van der Waals surface area contributed by atoms with Crippen LogP contribution in [0.4, 0.5) is 0 Å². The molecule has 0 saturated heterocycles. The number of hydrogen-bond donors (Lipinski definition) is 2. The van der Waals surface area contributed by atoms with Crippen LogP contribution in [-0.4, -0.2) is 22.3 Å². The van der Waals surface area contributed by atoms with E-state index < -0.39 is 0 Å². The maximum absolute atomic E-state index is 12.4. The smallest absolute Gasteiger partial charge is 0.338 e. The van der Waals surface area contributed by atoms with Crippen LogP contribution in [0.5, 0.6) is 11.5 Å². The first-order valence-electron chi connectivity index (χ1n) is 9.57. The third kappa shape index (κ3) is 4.62. The highest BCUT2D eigenvalue weighted by molar-refractivity contribution is 5.89. The Bertz CT molecular complexity index is 794. The molecule has 2 aromatic carbocycles. The lowest BCUT2D eigenvalue weighted by Gasteiger charge is -2.29. The molecule has 4 nitrogen and oxygen atoms in total. The molecular weight excluding hydrogens is 340 g/mol. The van der Waals surface area contributed by atoms with Crippen LogP contribution in [0, 0.1) is 0 Å². The SMILES string of the molecule is CC(C)(C)c1ccc(C(=O)OC2CCC(c3ccc(O)cc3O)CC2)cc1. The Kier molecular flexibility index (Phi) is 5.45. The third-order valence-corrected chi connectivity index (χ3v) is 5.39. The van der Waals surface area contributed by atoms with Crippen LogP contribution < -0.4 is 0 Å². The Hall–Kier alpha value is -2.49. The summed E-state index contributed by atoms with van der Waals surface area (Å²) < 4.78 is 5.69. The molecule has 2 aromatic rings. The Morgan fingerprint density at radius 1 is 0.963 bits per heavy atom. The molecule has 0 aromatic heterocycles. The van der Waals surface area contributed by atoms with Gasteiger partial charge in [0.15, 0.2) is 0 Å². The highest BCUT2D eigenvalue weighted by Crippen LogP contribution is 2.39. The fraction of sp³-hybridized carbons (Fsp3) is 0.435. The van der Waals surface area contributed by atoms with Gasteiger partial charge in [0.1, 0.15) is 17.6 Å². The van der Waals surface area contributed by atoms with Crippen molar-refractivity contribution in [3.8, 4) is 11.5 Å². The van der Waals surface area contributed by atoms with Crippen LogP contribution in [0.3, 0.4) is 0 Å². The van der Waals surface area contributed by atoms with E-state index in [9.17, 15) is 15.0 Å². The van der Waals surface area contributed by atoms with Crippen molar-refractivity contribution in [1.29, 1.82) is 0 Å². The zero-order valence-electron chi connectivity index (χ0n) is 16.2. The van der Waals surface area contributed by atoms with Crippen molar-refractivity contribution in [2.75, 3.05) is 0 Å². The van der Waals surface area contributed by atoms with E-state index in [0.717, 1.165) is 31.2 Å². The van der Waals surface area contributed by atoms with Crippen LogP contribution in [0.2, 0.25) is 0 Å². The van der Waals surface area contributed by atoms with E-state index in [0.29, 0.717) is 5.56 Å². The number of benzene rings is 2. The molecule has 0 unspecified atom stereocenters. The molecule has 27 heavy (non-hydrogen) atoms. The van der Waals surface area contributed by atoms with Gasteiger partial charge in [0.2, 0.25) is 0 Å². The summed E-state index contributed by atoms with van der Waals surface area (Å²) in [4.78, 5) is 12.4. The molecule has 1 aliphatic carbocycles. The zero-order valence-corrected chi connectivity index (χ0v) is 16.2. The molecule has 0 heterocycles. The first-order valence-corrected chi connectivity index (χ1v) is 9.57. The molecule has 0 radical (unpaired) electrons. The maximum atomic E-state index is 12.4. The van der Waals surface area contributed by atoms with Crippen molar-refractivity contribution >= 4 is 5.97 Å². The summed E-state index contributed by atoms with van der Waals surface area (Å²) in [6.45, 7) is 6.43. The molecule has 1 aliphatic rings.